The molecule has 0 saturated heterocycles. The Morgan fingerprint density at radius 1 is 1.18 bits per heavy atom. The smallest absolute Gasteiger partial charge is 0.0635 e. The number of hydrogen-bond acceptors (Lipinski definition) is 2. The molecule has 1 heterocycles. The van der Waals surface area contributed by atoms with Crippen molar-refractivity contribution in [3.05, 3.63) is 16.4 Å². The van der Waals surface area contributed by atoms with E-state index in [0.29, 0.717) is 24.0 Å². The Morgan fingerprint density at radius 3 is 2.24 bits per heavy atom. The molecule has 0 radical (unpaired) electrons. The van der Waals surface area contributed by atoms with Crippen LogP contribution in [0.5, 0.6) is 0 Å². The summed E-state index contributed by atoms with van der Waals surface area (Å²) in [6.07, 6.45) is 1.90. The molecule has 1 aromatic heterocycles. The Labute approximate surface area is 113 Å². The zero-order valence-corrected chi connectivity index (χ0v) is 13.2. The van der Waals surface area contributed by atoms with E-state index in [1.54, 1.807) is 0 Å². The molecule has 2 unspecified atom stereocenters. The maximum atomic E-state index is 4.44. The third-order valence-electron chi connectivity index (χ3n) is 3.05. The first-order chi connectivity index (χ1) is 7.84. The van der Waals surface area contributed by atoms with Gasteiger partial charge in [-0.2, -0.15) is 5.10 Å². The number of nitrogens with zero attached hydrogens (tertiary/aromatic N) is 2. The summed E-state index contributed by atoms with van der Waals surface area (Å²) in [5.41, 5.74) is 1.28. The number of rotatable bonds is 5. The van der Waals surface area contributed by atoms with Crippen LogP contribution in [-0.4, -0.2) is 21.9 Å². The van der Waals surface area contributed by atoms with Gasteiger partial charge in [-0.15, -0.1) is 0 Å². The number of hydrogen-bond donors (Lipinski definition) is 1. The van der Waals surface area contributed by atoms with Gasteiger partial charge in [0.25, 0.3) is 0 Å². The third-order valence-corrected chi connectivity index (χ3v) is 3.66. The van der Waals surface area contributed by atoms with E-state index in [1.165, 1.54) is 5.69 Å². The van der Waals surface area contributed by atoms with E-state index >= 15 is 0 Å². The van der Waals surface area contributed by atoms with Crippen molar-refractivity contribution in [1.82, 2.24) is 15.1 Å². The molecule has 0 aromatic carbocycles. The number of halogens is 1. The largest absolute Gasteiger partial charge is 0.311 e. The van der Waals surface area contributed by atoms with Crippen LogP contribution in [0.4, 0.5) is 0 Å². The molecule has 0 bridgehead atoms. The van der Waals surface area contributed by atoms with Crippen LogP contribution in [0.3, 0.4) is 0 Å². The summed E-state index contributed by atoms with van der Waals surface area (Å²) in [6.45, 7) is 13.2. The summed E-state index contributed by atoms with van der Waals surface area (Å²) in [6, 6.07) is 1.33. The predicted molar refractivity (Wildman–Crippen MR) is 76.5 cm³/mol. The first-order valence-corrected chi connectivity index (χ1v) is 7.12. The number of nitrogens with one attached hydrogen (secondary N) is 1. The summed E-state index contributed by atoms with van der Waals surface area (Å²) < 4.78 is 3.21. The van der Waals surface area contributed by atoms with Crippen molar-refractivity contribution in [2.24, 2.45) is 0 Å². The zero-order valence-electron chi connectivity index (χ0n) is 11.7. The molecular formula is C13H24BrN3. The van der Waals surface area contributed by atoms with Crippen molar-refractivity contribution in [2.45, 2.75) is 65.6 Å². The molecule has 0 saturated carbocycles. The van der Waals surface area contributed by atoms with Gasteiger partial charge in [-0.05, 0) is 36.7 Å². The monoisotopic (exact) mass is 301 g/mol. The Morgan fingerprint density at radius 2 is 1.76 bits per heavy atom. The quantitative estimate of drug-likeness (QED) is 0.898. The van der Waals surface area contributed by atoms with Crippen LogP contribution in [0.2, 0.25) is 0 Å². The SMILES string of the molecule is CC(C)NC(C)C(C)c1c(Br)cnn1C(C)C. The second-order valence-electron chi connectivity index (χ2n) is 5.31. The van der Waals surface area contributed by atoms with Gasteiger partial charge in [0.1, 0.15) is 0 Å². The maximum absolute atomic E-state index is 4.44. The molecule has 1 aromatic rings. The molecule has 2 atom stereocenters. The average molecular weight is 302 g/mol. The van der Waals surface area contributed by atoms with Crippen molar-refractivity contribution in [2.75, 3.05) is 0 Å². The first kappa shape index (κ1) is 14.7. The summed E-state index contributed by atoms with van der Waals surface area (Å²) in [7, 11) is 0. The topological polar surface area (TPSA) is 29.9 Å². The molecule has 0 aliphatic heterocycles. The molecule has 0 spiro atoms. The van der Waals surface area contributed by atoms with E-state index in [1.807, 2.05) is 6.20 Å². The van der Waals surface area contributed by atoms with Crippen LogP contribution in [0, 0.1) is 0 Å². The van der Waals surface area contributed by atoms with Crippen LogP contribution < -0.4 is 5.32 Å². The van der Waals surface area contributed by atoms with Crippen molar-refractivity contribution >= 4 is 15.9 Å². The lowest BCUT2D eigenvalue weighted by Gasteiger charge is -2.25. The normalized spacial score (nSPS) is 15.6. The van der Waals surface area contributed by atoms with Crippen LogP contribution >= 0.6 is 15.9 Å². The van der Waals surface area contributed by atoms with Gasteiger partial charge in [0.15, 0.2) is 0 Å². The highest BCUT2D eigenvalue weighted by atomic mass is 79.9. The fraction of sp³-hybridized carbons (Fsp3) is 0.769. The van der Waals surface area contributed by atoms with Crippen LogP contribution in [0.25, 0.3) is 0 Å². The van der Waals surface area contributed by atoms with E-state index < -0.39 is 0 Å². The second kappa shape index (κ2) is 6.01. The number of aromatic nitrogens is 2. The van der Waals surface area contributed by atoms with Gasteiger partial charge in [0, 0.05) is 24.0 Å². The van der Waals surface area contributed by atoms with E-state index in [2.05, 4.69) is 72.6 Å². The molecule has 0 amide bonds. The standard InChI is InChI=1S/C13H24BrN3/c1-8(2)16-11(6)10(5)13-12(14)7-15-17(13)9(3)4/h7-11,16H,1-6H3. The fourth-order valence-corrected chi connectivity index (χ4v) is 2.73. The molecule has 4 heteroatoms. The molecule has 0 aliphatic carbocycles. The summed E-state index contributed by atoms with van der Waals surface area (Å²) in [5.74, 6) is 0.427. The van der Waals surface area contributed by atoms with Gasteiger partial charge >= 0.3 is 0 Å². The van der Waals surface area contributed by atoms with Crippen molar-refractivity contribution < 1.29 is 0 Å². The second-order valence-corrected chi connectivity index (χ2v) is 6.17. The minimum absolute atomic E-state index is 0.394. The maximum Gasteiger partial charge on any atom is 0.0635 e. The lowest BCUT2D eigenvalue weighted by atomic mass is 9.98. The van der Waals surface area contributed by atoms with Gasteiger partial charge in [-0.3, -0.25) is 4.68 Å². The lowest BCUT2D eigenvalue weighted by Crippen LogP contribution is -2.37. The van der Waals surface area contributed by atoms with E-state index in [9.17, 15) is 0 Å². The third kappa shape index (κ3) is 3.55. The molecule has 17 heavy (non-hydrogen) atoms. The van der Waals surface area contributed by atoms with Crippen LogP contribution in [-0.2, 0) is 0 Å². The summed E-state index contributed by atoms with van der Waals surface area (Å²) in [4.78, 5) is 0. The zero-order chi connectivity index (χ0) is 13.2. The van der Waals surface area contributed by atoms with E-state index in [4.69, 9.17) is 0 Å². The highest BCUT2D eigenvalue weighted by molar-refractivity contribution is 9.10. The van der Waals surface area contributed by atoms with Gasteiger partial charge in [-0.1, -0.05) is 20.8 Å². The summed E-state index contributed by atoms with van der Waals surface area (Å²) in [5, 5.41) is 8.00. The van der Waals surface area contributed by atoms with E-state index in [-0.39, 0.29) is 0 Å². The first-order valence-electron chi connectivity index (χ1n) is 6.33. The van der Waals surface area contributed by atoms with Crippen LogP contribution in [0.15, 0.2) is 10.7 Å². The molecular weight excluding hydrogens is 278 g/mol. The highest BCUT2D eigenvalue weighted by Crippen LogP contribution is 2.29. The summed E-state index contributed by atoms with van der Waals surface area (Å²) >= 11 is 3.61. The average Bonchev–Trinajstić information content (AvgIpc) is 2.58. The van der Waals surface area contributed by atoms with Crippen molar-refractivity contribution in [3.63, 3.8) is 0 Å². The molecule has 0 fully saturated rings. The molecule has 0 aliphatic rings. The predicted octanol–water partition coefficient (Wildman–Crippen LogP) is 3.72. The Bertz CT molecular complexity index is 358. The lowest BCUT2D eigenvalue weighted by molar-refractivity contribution is 0.406. The molecule has 1 rings (SSSR count). The fourth-order valence-electron chi connectivity index (χ4n) is 2.10. The van der Waals surface area contributed by atoms with Gasteiger partial charge < -0.3 is 5.32 Å². The highest BCUT2D eigenvalue weighted by Gasteiger charge is 2.22. The van der Waals surface area contributed by atoms with Crippen molar-refractivity contribution in [1.29, 1.82) is 0 Å². The van der Waals surface area contributed by atoms with Gasteiger partial charge in [0.05, 0.1) is 16.4 Å². The Balaban J connectivity index is 2.94. The molecule has 3 nitrogen and oxygen atoms in total. The molecule has 98 valence electrons. The van der Waals surface area contributed by atoms with Crippen LogP contribution in [0.1, 0.15) is 59.2 Å². The Kier molecular flexibility index (Phi) is 5.20. The minimum atomic E-state index is 0.394. The van der Waals surface area contributed by atoms with Crippen molar-refractivity contribution in [3.8, 4) is 0 Å². The van der Waals surface area contributed by atoms with Gasteiger partial charge in [-0.25, -0.2) is 0 Å². The Hall–Kier alpha value is -0.350. The minimum Gasteiger partial charge on any atom is -0.311 e. The van der Waals surface area contributed by atoms with E-state index in [0.717, 1.165) is 4.47 Å². The van der Waals surface area contributed by atoms with Gasteiger partial charge in [0.2, 0.25) is 0 Å². The molecule has 1 N–H and O–H groups in total.